The number of nitrogens with zero attached hydrogens (tertiary/aromatic N) is 3. The Labute approximate surface area is 163 Å². The van der Waals surface area contributed by atoms with Gasteiger partial charge in [0.15, 0.2) is 6.61 Å². The van der Waals surface area contributed by atoms with Gasteiger partial charge in [-0.15, -0.1) is 0 Å². The molecule has 0 fully saturated rings. The maximum absolute atomic E-state index is 12.1. The van der Waals surface area contributed by atoms with Crippen LogP contribution >= 0.6 is 0 Å². The fourth-order valence-corrected chi connectivity index (χ4v) is 2.73. The van der Waals surface area contributed by atoms with Crippen molar-refractivity contribution in [3.8, 4) is 34.3 Å². The van der Waals surface area contributed by atoms with Crippen LogP contribution < -0.4 is 9.47 Å². The minimum atomic E-state index is -0.0463. The van der Waals surface area contributed by atoms with Crippen LogP contribution in [0, 0.1) is 0 Å². The summed E-state index contributed by atoms with van der Waals surface area (Å²) in [6.45, 7) is 5.20. The van der Waals surface area contributed by atoms with Crippen LogP contribution in [0.1, 0.15) is 13.8 Å². The molecule has 1 amide bonds. The van der Waals surface area contributed by atoms with Crippen LogP contribution in [0.25, 0.3) is 22.8 Å². The molecule has 0 radical (unpaired) electrons. The van der Waals surface area contributed by atoms with Crippen LogP contribution in [0.5, 0.6) is 11.5 Å². The molecule has 0 atom stereocenters. The van der Waals surface area contributed by atoms with Crippen molar-refractivity contribution in [1.82, 2.24) is 15.0 Å². The van der Waals surface area contributed by atoms with Gasteiger partial charge in [-0.2, -0.15) is 4.98 Å². The number of aromatic nitrogens is 2. The summed E-state index contributed by atoms with van der Waals surface area (Å²) in [5, 5.41) is 4.04. The highest BCUT2D eigenvalue weighted by Gasteiger charge is 2.13. The van der Waals surface area contributed by atoms with Gasteiger partial charge in [0, 0.05) is 24.2 Å². The highest BCUT2D eigenvalue weighted by Crippen LogP contribution is 2.26. The number of methoxy groups -OCH3 is 1. The molecule has 0 spiro atoms. The van der Waals surface area contributed by atoms with E-state index in [1.54, 1.807) is 24.1 Å². The number of ether oxygens (including phenoxy) is 2. The quantitative estimate of drug-likeness (QED) is 0.593. The van der Waals surface area contributed by atoms with Crippen LogP contribution in [0.15, 0.2) is 53.1 Å². The van der Waals surface area contributed by atoms with E-state index in [0.29, 0.717) is 30.6 Å². The zero-order valence-corrected chi connectivity index (χ0v) is 16.2. The fourth-order valence-electron chi connectivity index (χ4n) is 2.73. The molecule has 3 rings (SSSR count). The van der Waals surface area contributed by atoms with E-state index < -0.39 is 0 Å². The van der Waals surface area contributed by atoms with Crippen LogP contribution in [0.4, 0.5) is 0 Å². The molecular weight excluding hydrogens is 358 g/mol. The second kappa shape index (κ2) is 9.03. The molecular formula is C21H23N3O4. The van der Waals surface area contributed by atoms with Gasteiger partial charge in [-0.1, -0.05) is 11.2 Å². The second-order valence-corrected chi connectivity index (χ2v) is 6.03. The topological polar surface area (TPSA) is 77.7 Å². The molecule has 0 bridgehead atoms. The third-order valence-corrected chi connectivity index (χ3v) is 4.33. The summed E-state index contributed by atoms with van der Waals surface area (Å²) >= 11 is 0. The number of benzene rings is 2. The van der Waals surface area contributed by atoms with Crippen molar-refractivity contribution in [2.24, 2.45) is 0 Å². The van der Waals surface area contributed by atoms with Crippen molar-refractivity contribution >= 4 is 5.91 Å². The van der Waals surface area contributed by atoms with Crippen LogP contribution in [0.3, 0.4) is 0 Å². The monoisotopic (exact) mass is 381 g/mol. The summed E-state index contributed by atoms with van der Waals surface area (Å²) in [7, 11) is 1.62. The van der Waals surface area contributed by atoms with Crippen molar-refractivity contribution in [1.29, 1.82) is 0 Å². The zero-order valence-electron chi connectivity index (χ0n) is 16.2. The number of carbonyl (C=O) groups excluding carboxylic acids is 1. The SMILES string of the molecule is CCN(CC)C(=O)COc1cccc(-c2nc(-c3ccc(OC)cc3)no2)c1. The fraction of sp³-hybridized carbons (Fsp3) is 0.286. The highest BCUT2D eigenvalue weighted by molar-refractivity contribution is 5.77. The lowest BCUT2D eigenvalue weighted by atomic mass is 10.2. The van der Waals surface area contributed by atoms with Crippen LogP contribution in [-0.2, 0) is 4.79 Å². The lowest BCUT2D eigenvalue weighted by Crippen LogP contribution is -2.34. The standard InChI is InChI=1S/C21H23N3O4/c1-4-24(5-2)19(25)14-27-18-8-6-7-16(13-18)21-22-20(23-28-21)15-9-11-17(26-3)12-10-15/h6-13H,4-5,14H2,1-3H3. The highest BCUT2D eigenvalue weighted by atomic mass is 16.5. The van der Waals surface area contributed by atoms with Gasteiger partial charge in [-0.3, -0.25) is 4.79 Å². The van der Waals surface area contributed by atoms with Gasteiger partial charge in [-0.25, -0.2) is 0 Å². The summed E-state index contributed by atoms with van der Waals surface area (Å²) in [6.07, 6.45) is 0. The summed E-state index contributed by atoms with van der Waals surface area (Å²) in [5.74, 6) is 2.15. The lowest BCUT2D eigenvalue weighted by Gasteiger charge is -2.18. The van der Waals surface area contributed by atoms with Crippen molar-refractivity contribution in [2.75, 3.05) is 26.8 Å². The van der Waals surface area contributed by atoms with Crippen molar-refractivity contribution < 1.29 is 18.8 Å². The van der Waals surface area contributed by atoms with E-state index in [9.17, 15) is 4.79 Å². The third-order valence-electron chi connectivity index (χ3n) is 4.33. The molecule has 0 saturated carbocycles. The molecule has 146 valence electrons. The van der Waals surface area contributed by atoms with Gasteiger partial charge >= 0.3 is 0 Å². The molecule has 0 aliphatic rings. The molecule has 0 saturated heterocycles. The summed E-state index contributed by atoms with van der Waals surface area (Å²) < 4.78 is 16.2. The average Bonchev–Trinajstić information content (AvgIpc) is 3.24. The van der Waals surface area contributed by atoms with E-state index in [-0.39, 0.29) is 12.5 Å². The summed E-state index contributed by atoms with van der Waals surface area (Å²) in [4.78, 5) is 18.3. The minimum Gasteiger partial charge on any atom is -0.497 e. The normalized spacial score (nSPS) is 10.5. The van der Waals surface area contributed by atoms with E-state index >= 15 is 0 Å². The van der Waals surface area contributed by atoms with Crippen molar-refractivity contribution in [3.05, 3.63) is 48.5 Å². The van der Waals surface area contributed by atoms with E-state index in [4.69, 9.17) is 14.0 Å². The Kier molecular flexibility index (Phi) is 6.26. The Hall–Kier alpha value is -3.35. The number of hydrogen-bond acceptors (Lipinski definition) is 6. The molecule has 3 aromatic rings. The van der Waals surface area contributed by atoms with Crippen molar-refractivity contribution in [2.45, 2.75) is 13.8 Å². The van der Waals surface area contributed by atoms with Crippen LogP contribution in [-0.4, -0.2) is 47.8 Å². The first-order chi connectivity index (χ1) is 13.6. The number of carbonyl (C=O) groups is 1. The Morgan fingerprint density at radius 1 is 1.04 bits per heavy atom. The van der Waals surface area contributed by atoms with E-state index in [1.807, 2.05) is 50.2 Å². The molecule has 1 aromatic heterocycles. The molecule has 0 unspecified atom stereocenters. The predicted molar refractivity (Wildman–Crippen MR) is 105 cm³/mol. The molecule has 1 heterocycles. The number of likely N-dealkylation sites (N-methyl/N-ethyl adjacent to an activating group) is 1. The average molecular weight is 381 g/mol. The molecule has 0 aliphatic heterocycles. The summed E-state index contributed by atoms with van der Waals surface area (Å²) in [6, 6.07) is 14.7. The largest absolute Gasteiger partial charge is 0.497 e. The molecule has 7 heteroatoms. The minimum absolute atomic E-state index is 0.00787. The van der Waals surface area contributed by atoms with Crippen LogP contribution in [0.2, 0.25) is 0 Å². The molecule has 0 N–H and O–H groups in total. The smallest absolute Gasteiger partial charge is 0.260 e. The van der Waals surface area contributed by atoms with Gasteiger partial charge in [0.2, 0.25) is 5.82 Å². The Morgan fingerprint density at radius 2 is 1.79 bits per heavy atom. The Balaban J connectivity index is 1.71. The van der Waals surface area contributed by atoms with Gasteiger partial charge in [-0.05, 0) is 56.3 Å². The number of rotatable bonds is 8. The Morgan fingerprint density at radius 3 is 2.46 bits per heavy atom. The van der Waals surface area contributed by atoms with Gasteiger partial charge < -0.3 is 18.9 Å². The first-order valence-electron chi connectivity index (χ1n) is 9.13. The summed E-state index contributed by atoms with van der Waals surface area (Å²) in [5.41, 5.74) is 1.55. The number of hydrogen-bond donors (Lipinski definition) is 0. The maximum Gasteiger partial charge on any atom is 0.260 e. The maximum atomic E-state index is 12.1. The van der Waals surface area contributed by atoms with Gasteiger partial charge in [0.1, 0.15) is 11.5 Å². The second-order valence-electron chi connectivity index (χ2n) is 6.03. The van der Waals surface area contributed by atoms with E-state index in [2.05, 4.69) is 10.1 Å². The van der Waals surface area contributed by atoms with Crippen molar-refractivity contribution in [3.63, 3.8) is 0 Å². The van der Waals surface area contributed by atoms with Gasteiger partial charge in [0.05, 0.1) is 7.11 Å². The lowest BCUT2D eigenvalue weighted by molar-refractivity contribution is -0.132. The molecule has 0 aliphatic carbocycles. The van der Waals surface area contributed by atoms with E-state index in [0.717, 1.165) is 16.9 Å². The molecule has 2 aromatic carbocycles. The third kappa shape index (κ3) is 4.49. The van der Waals surface area contributed by atoms with Gasteiger partial charge in [0.25, 0.3) is 11.8 Å². The first-order valence-corrected chi connectivity index (χ1v) is 9.13. The predicted octanol–water partition coefficient (Wildman–Crippen LogP) is 3.66. The molecule has 28 heavy (non-hydrogen) atoms. The van der Waals surface area contributed by atoms with E-state index in [1.165, 1.54) is 0 Å². The number of amides is 1. The molecule has 7 nitrogen and oxygen atoms in total. The first kappa shape index (κ1) is 19.4. The Bertz CT molecular complexity index is 917. The zero-order chi connectivity index (χ0) is 19.9.